The van der Waals surface area contributed by atoms with Crippen LogP contribution in [-0.4, -0.2) is 46.7 Å². The summed E-state index contributed by atoms with van der Waals surface area (Å²) in [7, 11) is 3.44. The van der Waals surface area contributed by atoms with Crippen LogP contribution < -0.4 is 24.8 Å². The van der Waals surface area contributed by atoms with Gasteiger partial charge in [-0.25, -0.2) is 14.2 Å². The molecule has 2 heterocycles. The minimum atomic E-state index is -1.55. The van der Waals surface area contributed by atoms with Gasteiger partial charge in [0.1, 0.15) is 17.8 Å². The van der Waals surface area contributed by atoms with Gasteiger partial charge in [0.2, 0.25) is 0 Å². The lowest BCUT2D eigenvalue weighted by atomic mass is 10.2. The second kappa shape index (κ2) is 14.4. The Balaban J connectivity index is 0.000000367. The first-order valence-electron chi connectivity index (χ1n) is 12.6. The van der Waals surface area contributed by atoms with E-state index < -0.39 is 11.0 Å². The number of nitrogens with one attached hydrogen (secondary N) is 3. The first kappa shape index (κ1) is 29.0. The van der Waals surface area contributed by atoms with Gasteiger partial charge in [-0.2, -0.15) is 0 Å². The molecule has 0 aliphatic rings. The summed E-state index contributed by atoms with van der Waals surface area (Å²) >= 11 is 0. The molecule has 0 saturated carbocycles. The van der Waals surface area contributed by atoms with Crippen LogP contribution in [0.4, 0.5) is 23.0 Å². The van der Waals surface area contributed by atoms with Crippen molar-refractivity contribution < 1.29 is 18.5 Å². The third kappa shape index (κ3) is 7.99. The maximum atomic E-state index is 13.1. The maximum Gasteiger partial charge on any atom is 0.182 e. The van der Waals surface area contributed by atoms with Crippen LogP contribution in [0.3, 0.4) is 0 Å². The SMILES string of the molecule is CNc1cccc(S(=O)Nc2nc3ccccc3nc2Nc2cc(OC)cc(OC)c2)c1.O=CCc1cccnc1. The highest BCUT2D eigenvalue weighted by molar-refractivity contribution is 7.86. The Morgan fingerprint density at radius 1 is 0.829 bits per heavy atom. The number of aromatic nitrogens is 3. The molecule has 10 nitrogen and oxygen atoms in total. The van der Waals surface area contributed by atoms with Crippen LogP contribution >= 0.6 is 0 Å². The van der Waals surface area contributed by atoms with Crippen molar-refractivity contribution in [3.8, 4) is 11.5 Å². The van der Waals surface area contributed by atoms with E-state index in [0.29, 0.717) is 51.2 Å². The number of hydrogen-bond donors (Lipinski definition) is 3. The third-order valence-corrected chi connectivity index (χ3v) is 6.81. The normalized spacial score (nSPS) is 11.0. The lowest BCUT2D eigenvalue weighted by Crippen LogP contribution is -2.10. The number of rotatable bonds is 10. The molecule has 0 amide bonds. The fourth-order valence-electron chi connectivity index (χ4n) is 3.70. The number of methoxy groups -OCH3 is 2. The van der Waals surface area contributed by atoms with Gasteiger partial charge in [0.25, 0.3) is 0 Å². The summed E-state index contributed by atoms with van der Waals surface area (Å²) in [5.41, 5.74) is 3.91. The van der Waals surface area contributed by atoms with Crippen molar-refractivity contribution in [2.24, 2.45) is 0 Å². The average molecular weight is 571 g/mol. The number of para-hydroxylation sites is 2. The molecule has 0 saturated heterocycles. The van der Waals surface area contributed by atoms with E-state index >= 15 is 0 Å². The summed E-state index contributed by atoms with van der Waals surface area (Å²) < 4.78 is 26.8. The van der Waals surface area contributed by atoms with Gasteiger partial charge in [-0.05, 0) is 42.0 Å². The summed E-state index contributed by atoms with van der Waals surface area (Å²) in [4.78, 5) is 23.8. The number of benzene rings is 3. The van der Waals surface area contributed by atoms with Crippen molar-refractivity contribution >= 4 is 51.3 Å². The van der Waals surface area contributed by atoms with E-state index in [1.54, 1.807) is 38.7 Å². The third-order valence-electron chi connectivity index (χ3n) is 5.75. The van der Waals surface area contributed by atoms with Gasteiger partial charge in [-0.3, -0.25) is 9.71 Å². The fraction of sp³-hybridized carbons (Fsp3) is 0.133. The molecule has 0 radical (unpaired) electrons. The molecule has 0 fully saturated rings. The summed E-state index contributed by atoms with van der Waals surface area (Å²) in [6.45, 7) is 0. The fourth-order valence-corrected chi connectivity index (χ4v) is 4.58. The quantitative estimate of drug-likeness (QED) is 0.189. The van der Waals surface area contributed by atoms with Crippen molar-refractivity contribution in [3.05, 3.63) is 96.8 Å². The Hall–Kier alpha value is -5.03. The van der Waals surface area contributed by atoms with Crippen molar-refractivity contribution in [1.82, 2.24) is 15.0 Å². The smallest absolute Gasteiger partial charge is 0.182 e. The second-order valence-corrected chi connectivity index (χ2v) is 9.73. The molecule has 5 rings (SSSR count). The summed E-state index contributed by atoms with van der Waals surface area (Å²) in [5.74, 6) is 2.04. The van der Waals surface area contributed by atoms with Crippen molar-refractivity contribution in [2.75, 3.05) is 36.6 Å². The van der Waals surface area contributed by atoms with Gasteiger partial charge >= 0.3 is 0 Å². The van der Waals surface area contributed by atoms with E-state index in [4.69, 9.17) is 14.5 Å². The number of nitrogens with zero attached hydrogens (tertiary/aromatic N) is 3. The molecule has 0 aliphatic carbocycles. The first-order chi connectivity index (χ1) is 20.0. The molecular formula is C30H30N6O4S. The molecule has 0 spiro atoms. The molecule has 5 aromatic rings. The standard InChI is InChI=1S/C23H23N5O3S.C7H7NO/c1-24-15-7-6-8-19(13-15)32(29)28-23-22(26-20-9-4-5-10-21(20)27-23)25-16-11-17(30-2)14-18(12-16)31-3;9-5-3-7-2-1-4-8-6-7/h4-14,24H,1-3H3,(H,25,26)(H,27,28);1-2,4-6H,3H2. The van der Waals surface area contributed by atoms with Crippen LogP contribution in [0.5, 0.6) is 11.5 Å². The van der Waals surface area contributed by atoms with Crippen LogP contribution in [0, 0.1) is 0 Å². The van der Waals surface area contributed by atoms with E-state index in [1.165, 1.54) is 0 Å². The largest absolute Gasteiger partial charge is 0.497 e. The van der Waals surface area contributed by atoms with Crippen LogP contribution in [0.2, 0.25) is 0 Å². The highest BCUT2D eigenvalue weighted by atomic mass is 32.2. The number of aldehydes is 1. The van der Waals surface area contributed by atoms with E-state index in [1.807, 2.05) is 73.8 Å². The Labute approximate surface area is 240 Å². The number of ether oxygens (including phenoxy) is 2. The van der Waals surface area contributed by atoms with E-state index in [9.17, 15) is 9.00 Å². The predicted molar refractivity (Wildman–Crippen MR) is 162 cm³/mol. The first-order valence-corrected chi connectivity index (χ1v) is 13.7. The molecule has 41 heavy (non-hydrogen) atoms. The van der Waals surface area contributed by atoms with Crippen molar-refractivity contribution in [1.29, 1.82) is 0 Å². The van der Waals surface area contributed by atoms with E-state index in [-0.39, 0.29) is 0 Å². The molecule has 11 heteroatoms. The number of fused-ring (bicyclic) bond motifs is 1. The summed E-state index contributed by atoms with van der Waals surface area (Å²) in [6.07, 6.45) is 4.72. The van der Waals surface area contributed by atoms with E-state index in [2.05, 4.69) is 25.3 Å². The number of anilines is 4. The number of carbonyl (C=O) groups excluding carboxylic acids is 1. The van der Waals surface area contributed by atoms with Gasteiger partial charge in [-0.1, -0.05) is 24.3 Å². The van der Waals surface area contributed by atoms with Gasteiger partial charge < -0.3 is 24.9 Å². The average Bonchev–Trinajstić information content (AvgIpc) is 3.02. The lowest BCUT2D eigenvalue weighted by molar-refractivity contribution is -0.107. The van der Waals surface area contributed by atoms with Gasteiger partial charge in [-0.15, -0.1) is 0 Å². The molecule has 210 valence electrons. The highest BCUT2D eigenvalue weighted by Crippen LogP contribution is 2.31. The van der Waals surface area contributed by atoms with Crippen LogP contribution in [0.1, 0.15) is 5.56 Å². The zero-order valence-corrected chi connectivity index (χ0v) is 23.6. The van der Waals surface area contributed by atoms with Crippen LogP contribution in [0.15, 0.2) is 96.2 Å². The van der Waals surface area contributed by atoms with Gasteiger partial charge in [0, 0.05) is 55.4 Å². The number of hydrogen-bond acceptors (Lipinski definition) is 9. The number of carbonyl (C=O) groups is 1. The summed E-state index contributed by atoms with van der Waals surface area (Å²) in [6, 6.07) is 24.0. The van der Waals surface area contributed by atoms with Gasteiger partial charge in [0.15, 0.2) is 22.6 Å². The zero-order valence-electron chi connectivity index (χ0n) is 22.8. The minimum absolute atomic E-state index is 0.360. The topological polar surface area (TPSA) is 127 Å². The zero-order chi connectivity index (χ0) is 29.0. The van der Waals surface area contributed by atoms with Gasteiger partial charge in [0.05, 0.1) is 30.1 Å². The molecular weight excluding hydrogens is 540 g/mol. The Bertz CT molecular complexity index is 1610. The lowest BCUT2D eigenvalue weighted by Gasteiger charge is -2.15. The minimum Gasteiger partial charge on any atom is -0.497 e. The second-order valence-electron chi connectivity index (χ2n) is 8.52. The molecule has 0 aliphatic heterocycles. The molecule has 1 unspecified atom stereocenters. The molecule has 3 N–H and O–H groups in total. The monoisotopic (exact) mass is 570 g/mol. The van der Waals surface area contributed by atoms with Crippen molar-refractivity contribution in [2.45, 2.75) is 11.3 Å². The highest BCUT2D eigenvalue weighted by Gasteiger charge is 2.14. The maximum absolute atomic E-state index is 13.1. The van der Waals surface area contributed by atoms with Crippen molar-refractivity contribution in [3.63, 3.8) is 0 Å². The Morgan fingerprint density at radius 3 is 2.15 bits per heavy atom. The molecule has 1 atom stereocenters. The van der Waals surface area contributed by atoms with E-state index in [0.717, 1.165) is 17.5 Å². The Morgan fingerprint density at radius 2 is 1.54 bits per heavy atom. The molecule has 3 aromatic carbocycles. The molecule has 0 bridgehead atoms. The van der Waals surface area contributed by atoms with Crippen LogP contribution in [0.25, 0.3) is 11.0 Å². The molecule has 2 aromatic heterocycles. The Kier molecular flexibility index (Phi) is 10.2. The van der Waals surface area contributed by atoms with Crippen LogP contribution in [-0.2, 0) is 22.2 Å². The predicted octanol–water partition coefficient (Wildman–Crippen LogP) is 5.39. The number of pyridine rings is 1. The summed E-state index contributed by atoms with van der Waals surface area (Å²) in [5, 5.41) is 6.30.